The minimum atomic E-state index is -0.595. The first-order valence-electron chi connectivity index (χ1n) is 10.1. The number of benzene rings is 1. The van der Waals surface area contributed by atoms with E-state index in [-0.39, 0.29) is 18.0 Å². The quantitative estimate of drug-likeness (QED) is 0.374. The number of fused-ring (bicyclic) bond motifs is 1. The lowest BCUT2D eigenvalue weighted by Gasteiger charge is -2.07. The molecule has 4 aromatic rings. The van der Waals surface area contributed by atoms with Crippen molar-refractivity contribution in [3.63, 3.8) is 0 Å². The molecule has 172 valence electrons. The van der Waals surface area contributed by atoms with Crippen molar-refractivity contribution in [3.8, 4) is 16.5 Å². The molecule has 0 radical (unpaired) electrons. The highest BCUT2D eigenvalue weighted by molar-refractivity contribution is 7.22. The number of nitrogens with zero attached hydrogens (tertiary/aromatic N) is 6. The highest BCUT2D eigenvalue weighted by atomic mass is 35.5. The van der Waals surface area contributed by atoms with Gasteiger partial charge in [-0.25, -0.2) is 18.7 Å². The van der Waals surface area contributed by atoms with Crippen LogP contribution >= 0.6 is 22.9 Å². The molecule has 0 atom stereocenters. The molecule has 3 heterocycles. The number of aryl methyl sites for hydroxylation is 3. The summed E-state index contributed by atoms with van der Waals surface area (Å²) in [6.45, 7) is 1.96. The van der Waals surface area contributed by atoms with E-state index in [9.17, 15) is 14.0 Å². The van der Waals surface area contributed by atoms with Crippen LogP contribution in [0.2, 0.25) is 5.02 Å². The molecule has 0 bridgehead atoms. The Hall–Kier alpha value is -3.81. The van der Waals surface area contributed by atoms with Crippen molar-refractivity contribution in [2.45, 2.75) is 19.9 Å². The van der Waals surface area contributed by atoms with Crippen LogP contribution in [0, 0.1) is 24.1 Å². The maximum atomic E-state index is 13.5. The third-order valence-corrected chi connectivity index (χ3v) is 6.59. The first-order chi connectivity index (χ1) is 16.3. The van der Waals surface area contributed by atoms with Crippen molar-refractivity contribution >= 4 is 45.6 Å². The van der Waals surface area contributed by atoms with Crippen LogP contribution in [-0.2, 0) is 13.6 Å². The first kappa shape index (κ1) is 23.4. The molecule has 34 heavy (non-hydrogen) atoms. The second-order valence-corrected chi connectivity index (χ2v) is 8.83. The molecule has 0 amide bonds. The first-order valence-corrected chi connectivity index (χ1v) is 11.3. The van der Waals surface area contributed by atoms with Gasteiger partial charge in [-0.05, 0) is 31.2 Å². The summed E-state index contributed by atoms with van der Waals surface area (Å²) in [7, 11) is 1.86. The molecule has 0 unspecified atom stereocenters. The van der Waals surface area contributed by atoms with Gasteiger partial charge >= 0.3 is 5.69 Å². The molecule has 11 heteroatoms. The number of hydrogen-bond acceptors (Lipinski definition) is 6. The highest BCUT2D eigenvalue weighted by Gasteiger charge is 2.17. The Morgan fingerprint density at radius 2 is 2.12 bits per heavy atom. The fourth-order valence-electron chi connectivity index (χ4n) is 3.37. The monoisotopic (exact) mass is 496 g/mol. The van der Waals surface area contributed by atoms with Gasteiger partial charge in [-0.15, -0.1) is 11.3 Å². The summed E-state index contributed by atoms with van der Waals surface area (Å²) in [6.07, 6.45) is 6.01. The second-order valence-electron chi connectivity index (χ2n) is 7.37. The number of halogens is 2. The highest BCUT2D eigenvalue weighted by Crippen LogP contribution is 2.36. The molecule has 8 nitrogen and oxygen atoms in total. The zero-order chi connectivity index (χ0) is 24.4. The molecule has 0 saturated carbocycles. The maximum absolute atomic E-state index is 13.5. The Kier molecular flexibility index (Phi) is 6.58. The normalized spacial score (nSPS) is 11.7. The maximum Gasteiger partial charge on any atom is 0.335 e. The van der Waals surface area contributed by atoms with Crippen molar-refractivity contribution in [2.24, 2.45) is 12.0 Å². The molecule has 3 aromatic heterocycles. The lowest BCUT2D eigenvalue weighted by Crippen LogP contribution is -2.36. The Morgan fingerprint density at radius 3 is 2.79 bits per heavy atom. The Morgan fingerprint density at radius 1 is 1.32 bits per heavy atom. The zero-order valence-electron chi connectivity index (χ0n) is 18.2. The number of aromatic nitrogens is 4. The summed E-state index contributed by atoms with van der Waals surface area (Å²) in [6, 6.07) is 7.66. The molecule has 0 fully saturated rings. The Labute approximate surface area is 202 Å². The topological polar surface area (TPSA) is 98.0 Å². The van der Waals surface area contributed by atoms with Gasteiger partial charge in [0.05, 0.1) is 34.9 Å². The summed E-state index contributed by atoms with van der Waals surface area (Å²) < 4.78 is 18.0. The summed E-state index contributed by atoms with van der Waals surface area (Å²) in [5.74, 6) is 0.344. The number of thiophene rings is 1. The molecule has 4 rings (SSSR count). The molecular formula is C23H18ClFN6O2S. The summed E-state index contributed by atoms with van der Waals surface area (Å²) >= 11 is 7.34. The van der Waals surface area contributed by atoms with Gasteiger partial charge < -0.3 is 4.57 Å². The number of hydrogen-bond donors (Lipinski definition) is 0. The molecule has 0 spiro atoms. The number of rotatable bonds is 6. The van der Waals surface area contributed by atoms with Gasteiger partial charge in [0, 0.05) is 42.6 Å². The molecular weight excluding hydrogens is 479 g/mol. The third-order valence-electron chi connectivity index (χ3n) is 5.13. The Balaban J connectivity index is 1.81. The SMILES string of the molecule is Cc1nc(C=N/C=C/n2c(=O)c3sc(-c4ccc(F)cc4Cl)cc3n(CCC#N)c2=O)cn1C. The van der Waals surface area contributed by atoms with E-state index in [1.165, 1.54) is 41.4 Å². The van der Waals surface area contributed by atoms with Gasteiger partial charge in [-0.3, -0.25) is 14.4 Å². The van der Waals surface area contributed by atoms with Gasteiger partial charge in [-0.1, -0.05) is 11.6 Å². The molecule has 0 aliphatic carbocycles. The van der Waals surface area contributed by atoms with Crippen molar-refractivity contribution in [1.29, 1.82) is 5.26 Å². The van der Waals surface area contributed by atoms with E-state index in [0.29, 0.717) is 26.4 Å². The van der Waals surface area contributed by atoms with Crippen LogP contribution < -0.4 is 11.2 Å². The van der Waals surface area contributed by atoms with Crippen molar-refractivity contribution < 1.29 is 4.39 Å². The predicted octanol–water partition coefficient (Wildman–Crippen LogP) is 4.19. The van der Waals surface area contributed by atoms with Crippen LogP contribution in [0.5, 0.6) is 0 Å². The van der Waals surface area contributed by atoms with Crippen LogP contribution in [0.15, 0.2) is 51.2 Å². The van der Waals surface area contributed by atoms with Crippen molar-refractivity contribution in [1.82, 2.24) is 18.7 Å². The van der Waals surface area contributed by atoms with E-state index in [1.54, 1.807) is 12.3 Å². The summed E-state index contributed by atoms with van der Waals surface area (Å²) in [5, 5.41) is 9.23. The summed E-state index contributed by atoms with van der Waals surface area (Å²) in [4.78, 5) is 35.3. The average Bonchev–Trinajstić information content (AvgIpc) is 3.36. The van der Waals surface area contributed by atoms with Gasteiger partial charge in [-0.2, -0.15) is 5.26 Å². The van der Waals surface area contributed by atoms with Crippen LogP contribution in [0.4, 0.5) is 4.39 Å². The van der Waals surface area contributed by atoms with E-state index in [4.69, 9.17) is 16.9 Å². The van der Waals surface area contributed by atoms with E-state index in [2.05, 4.69) is 9.98 Å². The van der Waals surface area contributed by atoms with Crippen molar-refractivity contribution in [2.75, 3.05) is 0 Å². The largest absolute Gasteiger partial charge is 0.338 e. The van der Waals surface area contributed by atoms with Crippen LogP contribution in [0.3, 0.4) is 0 Å². The van der Waals surface area contributed by atoms with E-state index >= 15 is 0 Å². The third kappa shape index (κ3) is 4.48. The van der Waals surface area contributed by atoms with Gasteiger partial charge in [0.2, 0.25) is 0 Å². The average molecular weight is 497 g/mol. The van der Waals surface area contributed by atoms with Gasteiger partial charge in [0.25, 0.3) is 5.56 Å². The number of imidazole rings is 1. The standard InChI is InChI=1S/C23H18ClFN6O2S/c1-14-28-16(13-29(14)2)12-27-7-9-31-22(32)21-19(30(23(31)33)8-3-6-26)11-20(34-21)17-5-4-15(25)10-18(17)24/h4-5,7,9-13H,3,8H2,1-2H3/b9-7+,27-12?. The summed E-state index contributed by atoms with van der Waals surface area (Å²) in [5.41, 5.74) is 0.450. The molecule has 0 aliphatic rings. The van der Waals surface area contributed by atoms with Crippen LogP contribution in [0.25, 0.3) is 26.9 Å². The minimum Gasteiger partial charge on any atom is -0.338 e. The van der Waals surface area contributed by atoms with E-state index < -0.39 is 17.1 Å². The second kappa shape index (κ2) is 9.59. The number of nitriles is 1. The lowest BCUT2D eigenvalue weighted by atomic mass is 10.2. The fourth-order valence-corrected chi connectivity index (χ4v) is 4.83. The molecule has 0 aliphatic heterocycles. The van der Waals surface area contributed by atoms with Crippen molar-refractivity contribution in [3.05, 3.63) is 79.9 Å². The minimum absolute atomic E-state index is 0.0800. The molecule has 0 saturated heterocycles. The molecule has 0 N–H and O–H groups in total. The predicted molar refractivity (Wildman–Crippen MR) is 132 cm³/mol. The lowest BCUT2D eigenvalue weighted by molar-refractivity contribution is 0.628. The van der Waals surface area contributed by atoms with Crippen LogP contribution in [0.1, 0.15) is 17.9 Å². The van der Waals surface area contributed by atoms with E-state index in [1.807, 2.05) is 24.6 Å². The van der Waals surface area contributed by atoms with Gasteiger partial charge in [0.1, 0.15) is 16.3 Å². The smallest absolute Gasteiger partial charge is 0.335 e. The number of aliphatic imine (C=N–C) groups is 1. The molecule has 1 aromatic carbocycles. The van der Waals surface area contributed by atoms with E-state index in [0.717, 1.165) is 21.7 Å². The fraction of sp³-hybridized carbons (Fsp3) is 0.174. The van der Waals surface area contributed by atoms with Crippen LogP contribution in [-0.4, -0.2) is 24.9 Å². The van der Waals surface area contributed by atoms with Gasteiger partial charge in [0.15, 0.2) is 0 Å². The Bertz CT molecular complexity index is 1600. The zero-order valence-corrected chi connectivity index (χ0v) is 19.8.